The van der Waals surface area contributed by atoms with Crippen molar-refractivity contribution in [1.29, 1.82) is 0 Å². The lowest BCUT2D eigenvalue weighted by atomic mass is 10.3. The fraction of sp³-hybridized carbons (Fsp3) is 0.136. The van der Waals surface area contributed by atoms with E-state index in [0.29, 0.717) is 21.3 Å². The second kappa shape index (κ2) is 8.79. The van der Waals surface area contributed by atoms with Crippen molar-refractivity contribution in [1.82, 2.24) is 9.78 Å². The quantitative estimate of drug-likeness (QED) is 0.420. The van der Waals surface area contributed by atoms with E-state index in [1.807, 2.05) is 19.1 Å². The summed E-state index contributed by atoms with van der Waals surface area (Å²) in [5.74, 6) is -0.505. The number of ether oxygens (including phenoxy) is 2. The van der Waals surface area contributed by atoms with E-state index in [-0.39, 0.29) is 0 Å². The highest BCUT2D eigenvalue weighted by molar-refractivity contribution is 7.20. The van der Waals surface area contributed by atoms with Crippen molar-refractivity contribution in [3.05, 3.63) is 70.2 Å². The van der Waals surface area contributed by atoms with E-state index in [1.165, 1.54) is 18.4 Å². The minimum atomic E-state index is -0.571. The van der Waals surface area contributed by atoms with Gasteiger partial charge in [0.15, 0.2) is 6.61 Å². The number of hydrogen-bond donors (Lipinski definition) is 1. The number of amides is 1. The molecule has 2 heterocycles. The molecule has 1 N–H and O–H groups in total. The van der Waals surface area contributed by atoms with E-state index < -0.39 is 18.5 Å². The first kappa shape index (κ1) is 20.9. The molecule has 0 fully saturated rings. The van der Waals surface area contributed by atoms with Gasteiger partial charge in [-0.3, -0.25) is 4.79 Å². The van der Waals surface area contributed by atoms with Crippen molar-refractivity contribution >= 4 is 50.7 Å². The van der Waals surface area contributed by atoms with Gasteiger partial charge in [-0.2, -0.15) is 5.10 Å². The number of carbonyl (C=O) groups is 2. The van der Waals surface area contributed by atoms with Crippen LogP contribution in [0.1, 0.15) is 15.4 Å². The molecule has 0 aliphatic heterocycles. The van der Waals surface area contributed by atoms with E-state index in [1.54, 1.807) is 47.1 Å². The fourth-order valence-corrected chi connectivity index (χ4v) is 4.24. The summed E-state index contributed by atoms with van der Waals surface area (Å²) in [6.45, 7) is 1.46. The maximum absolute atomic E-state index is 12.5. The molecule has 0 saturated carbocycles. The first-order chi connectivity index (χ1) is 15.0. The van der Waals surface area contributed by atoms with Crippen molar-refractivity contribution < 1.29 is 19.1 Å². The van der Waals surface area contributed by atoms with Gasteiger partial charge in [0.2, 0.25) is 0 Å². The standard InChI is InChI=1S/C22H18ClN3O4S/c1-13-16-11-19(31-21(16)26(25-13)15-9-7-14(23)8-10-15)22(28)30-12-20(27)24-17-5-3-4-6-18(17)29-2/h3-11H,12H2,1-2H3,(H,24,27). The van der Waals surface area contributed by atoms with E-state index >= 15 is 0 Å². The number of aromatic nitrogens is 2. The van der Waals surface area contributed by atoms with Crippen molar-refractivity contribution in [2.75, 3.05) is 19.0 Å². The van der Waals surface area contributed by atoms with Crippen LogP contribution in [0.25, 0.3) is 15.9 Å². The molecule has 2 aromatic heterocycles. The number of carbonyl (C=O) groups excluding carboxylic acids is 2. The molecule has 0 saturated heterocycles. The summed E-state index contributed by atoms with van der Waals surface area (Å²) < 4.78 is 12.2. The largest absolute Gasteiger partial charge is 0.495 e. The van der Waals surface area contributed by atoms with Gasteiger partial charge >= 0.3 is 5.97 Å². The highest BCUT2D eigenvalue weighted by Gasteiger charge is 2.19. The molecular weight excluding hydrogens is 438 g/mol. The lowest BCUT2D eigenvalue weighted by Crippen LogP contribution is -2.20. The van der Waals surface area contributed by atoms with Crippen LogP contribution in [0.2, 0.25) is 5.02 Å². The Morgan fingerprint density at radius 3 is 2.65 bits per heavy atom. The zero-order valence-corrected chi connectivity index (χ0v) is 18.3. The first-order valence-electron chi connectivity index (χ1n) is 9.31. The summed E-state index contributed by atoms with van der Waals surface area (Å²) in [6.07, 6.45) is 0. The number of rotatable bonds is 6. The van der Waals surface area contributed by atoms with Gasteiger partial charge in [0, 0.05) is 10.4 Å². The normalized spacial score (nSPS) is 10.8. The van der Waals surface area contributed by atoms with Crippen LogP contribution >= 0.6 is 22.9 Å². The average Bonchev–Trinajstić information content (AvgIpc) is 3.34. The molecule has 0 unspecified atom stereocenters. The number of halogens is 1. The third-order valence-electron chi connectivity index (χ3n) is 4.53. The first-order valence-corrected chi connectivity index (χ1v) is 10.5. The molecule has 7 nitrogen and oxygen atoms in total. The number of aryl methyl sites for hydroxylation is 1. The maximum atomic E-state index is 12.5. The van der Waals surface area contributed by atoms with Gasteiger partial charge in [-0.1, -0.05) is 23.7 Å². The SMILES string of the molecule is COc1ccccc1NC(=O)COC(=O)c1cc2c(C)nn(-c3ccc(Cl)cc3)c2s1. The van der Waals surface area contributed by atoms with E-state index in [0.717, 1.165) is 21.6 Å². The molecule has 0 aliphatic carbocycles. The van der Waals surface area contributed by atoms with Crippen LogP contribution in [0.15, 0.2) is 54.6 Å². The van der Waals surface area contributed by atoms with Crippen LogP contribution in [0.5, 0.6) is 5.75 Å². The van der Waals surface area contributed by atoms with E-state index in [9.17, 15) is 9.59 Å². The number of methoxy groups -OCH3 is 1. The van der Waals surface area contributed by atoms with Gasteiger partial charge in [0.25, 0.3) is 5.91 Å². The molecule has 2 aromatic carbocycles. The summed E-state index contributed by atoms with van der Waals surface area (Å²) in [6, 6.07) is 16.0. The average molecular weight is 456 g/mol. The van der Waals surface area contributed by atoms with Crippen LogP contribution in [-0.2, 0) is 9.53 Å². The van der Waals surface area contributed by atoms with Crippen LogP contribution in [0.3, 0.4) is 0 Å². The number of fused-ring (bicyclic) bond motifs is 1. The Kier molecular flexibility index (Phi) is 5.92. The highest BCUT2D eigenvalue weighted by Crippen LogP contribution is 2.31. The zero-order valence-electron chi connectivity index (χ0n) is 16.7. The number of esters is 1. The minimum Gasteiger partial charge on any atom is -0.495 e. The van der Waals surface area contributed by atoms with Crippen molar-refractivity contribution in [3.8, 4) is 11.4 Å². The van der Waals surface area contributed by atoms with E-state index in [4.69, 9.17) is 21.1 Å². The van der Waals surface area contributed by atoms with Crippen molar-refractivity contribution in [3.63, 3.8) is 0 Å². The predicted octanol–water partition coefficient (Wildman–Crippen LogP) is 4.85. The molecule has 0 bridgehead atoms. The van der Waals surface area contributed by atoms with E-state index in [2.05, 4.69) is 10.4 Å². The summed E-state index contributed by atoms with van der Waals surface area (Å²) in [5.41, 5.74) is 2.13. The Morgan fingerprint density at radius 1 is 1.16 bits per heavy atom. The number of nitrogens with one attached hydrogen (secondary N) is 1. The molecule has 1 amide bonds. The van der Waals surface area contributed by atoms with Crippen LogP contribution in [0.4, 0.5) is 5.69 Å². The third kappa shape index (κ3) is 4.40. The molecule has 0 aliphatic rings. The number of thiophene rings is 1. The minimum absolute atomic E-state index is 0.392. The summed E-state index contributed by atoms with van der Waals surface area (Å²) in [5, 5.41) is 8.70. The molecule has 158 valence electrons. The Bertz CT molecular complexity index is 1260. The Labute approximate surface area is 187 Å². The van der Waals surface area contributed by atoms with Gasteiger partial charge < -0.3 is 14.8 Å². The molecule has 0 radical (unpaired) electrons. The molecule has 0 atom stereocenters. The number of benzene rings is 2. The van der Waals surface area contributed by atoms with Crippen LogP contribution in [0, 0.1) is 6.92 Å². The topological polar surface area (TPSA) is 82.4 Å². The van der Waals surface area contributed by atoms with Gasteiger partial charge in [0.05, 0.1) is 24.2 Å². The van der Waals surface area contributed by atoms with Gasteiger partial charge in [-0.15, -0.1) is 11.3 Å². The lowest BCUT2D eigenvalue weighted by molar-refractivity contribution is -0.119. The number of hydrogen-bond acceptors (Lipinski definition) is 6. The molecular formula is C22H18ClN3O4S. The number of anilines is 1. The number of para-hydroxylation sites is 2. The molecule has 31 heavy (non-hydrogen) atoms. The second-order valence-electron chi connectivity index (χ2n) is 6.63. The zero-order chi connectivity index (χ0) is 22.0. The van der Waals surface area contributed by atoms with Gasteiger partial charge in [0.1, 0.15) is 15.5 Å². The molecule has 9 heteroatoms. The fourth-order valence-electron chi connectivity index (χ4n) is 3.04. The Balaban J connectivity index is 1.47. The van der Waals surface area contributed by atoms with Gasteiger partial charge in [-0.25, -0.2) is 9.48 Å². The summed E-state index contributed by atoms with van der Waals surface area (Å²) in [7, 11) is 1.51. The second-order valence-corrected chi connectivity index (χ2v) is 8.09. The predicted molar refractivity (Wildman–Crippen MR) is 121 cm³/mol. The Morgan fingerprint density at radius 2 is 1.90 bits per heavy atom. The lowest BCUT2D eigenvalue weighted by Gasteiger charge is -2.09. The summed E-state index contributed by atoms with van der Waals surface area (Å²) >= 11 is 7.22. The van der Waals surface area contributed by atoms with Crippen molar-refractivity contribution in [2.24, 2.45) is 0 Å². The molecule has 0 spiro atoms. The third-order valence-corrected chi connectivity index (χ3v) is 5.88. The maximum Gasteiger partial charge on any atom is 0.348 e. The summed E-state index contributed by atoms with van der Waals surface area (Å²) in [4.78, 5) is 25.9. The van der Waals surface area contributed by atoms with Crippen LogP contribution < -0.4 is 10.1 Å². The van der Waals surface area contributed by atoms with Crippen LogP contribution in [-0.4, -0.2) is 35.4 Å². The molecule has 4 aromatic rings. The number of nitrogens with zero attached hydrogens (tertiary/aromatic N) is 2. The molecule has 4 rings (SSSR count). The monoisotopic (exact) mass is 455 g/mol. The Hall–Kier alpha value is -3.36. The highest BCUT2D eigenvalue weighted by atomic mass is 35.5. The van der Waals surface area contributed by atoms with Crippen molar-refractivity contribution in [2.45, 2.75) is 6.92 Å². The van der Waals surface area contributed by atoms with Gasteiger partial charge in [-0.05, 0) is 49.4 Å². The smallest absolute Gasteiger partial charge is 0.348 e.